The minimum Gasteiger partial charge on any atom is -0.478 e. The first-order valence-corrected chi connectivity index (χ1v) is 6.01. The molecule has 2 heteroatoms. The van der Waals surface area contributed by atoms with Gasteiger partial charge in [-0.25, -0.2) is 4.79 Å². The van der Waals surface area contributed by atoms with E-state index in [4.69, 9.17) is 5.11 Å². The fourth-order valence-electron chi connectivity index (χ4n) is 1.83. The molecule has 0 aromatic rings. The molecule has 0 aliphatic heterocycles. The fourth-order valence-corrected chi connectivity index (χ4v) is 1.83. The molecular weight excluding hydrogens is 188 g/mol. The Morgan fingerprint density at radius 2 is 2.07 bits per heavy atom. The molecule has 88 valence electrons. The second kappa shape index (κ2) is 8.51. The number of aliphatic carboxylic acids is 1. The standard InChI is InChI=1S/C13H24O2/c1-4-6-7-12(5-2)10-11(3)8-9-13(14)15/h8-9,11-12H,4-7,10H2,1-3H3,(H,14,15). The molecule has 0 fully saturated rings. The van der Waals surface area contributed by atoms with Gasteiger partial charge in [0.05, 0.1) is 0 Å². The van der Waals surface area contributed by atoms with Crippen LogP contribution in [0.1, 0.15) is 52.9 Å². The molecule has 2 atom stereocenters. The summed E-state index contributed by atoms with van der Waals surface area (Å²) in [6.07, 6.45) is 9.18. The van der Waals surface area contributed by atoms with Crippen molar-refractivity contribution in [3.63, 3.8) is 0 Å². The van der Waals surface area contributed by atoms with Crippen molar-refractivity contribution in [3.8, 4) is 0 Å². The van der Waals surface area contributed by atoms with Gasteiger partial charge in [0.15, 0.2) is 0 Å². The van der Waals surface area contributed by atoms with Crippen LogP contribution in [0, 0.1) is 11.8 Å². The number of unbranched alkanes of at least 4 members (excludes halogenated alkanes) is 1. The van der Waals surface area contributed by atoms with E-state index >= 15 is 0 Å². The number of hydrogen-bond donors (Lipinski definition) is 1. The van der Waals surface area contributed by atoms with Gasteiger partial charge in [-0.15, -0.1) is 0 Å². The summed E-state index contributed by atoms with van der Waals surface area (Å²) >= 11 is 0. The second-order valence-corrected chi connectivity index (χ2v) is 4.33. The van der Waals surface area contributed by atoms with Gasteiger partial charge in [0, 0.05) is 6.08 Å². The number of carbonyl (C=O) groups is 1. The molecular formula is C13H24O2. The number of allylic oxidation sites excluding steroid dienone is 1. The molecule has 0 heterocycles. The van der Waals surface area contributed by atoms with Gasteiger partial charge in [-0.05, 0) is 18.3 Å². The van der Waals surface area contributed by atoms with Gasteiger partial charge in [0.1, 0.15) is 0 Å². The van der Waals surface area contributed by atoms with E-state index in [0.717, 1.165) is 12.3 Å². The van der Waals surface area contributed by atoms with Crippen LogP contribution < -0.4 is 0 Å². The van der Waals surface area contributed by atoms with Crippen LogP contribution in [-0.4, -0.2) is 11.1 Å². The zero-order chi connectivity index (χ0) is 11.7. The highest BCUT2D eigenvalue weighted by Crippen LogP contribution is 2.21. The maximum absolute atomic E-state index is 10.3. The molecule has 0 amide bonds. The summed E-state index contributed by atoms with van der Waals surface area (Å²) in [6, 6.07) is 0. The molecule has 0 radical (unpaired) electrons. The first-order valence-electron chi connectivity index (χ1n) is 6.01. The molecule has 0 aromatic heterocycles. The van der Waals surface area contributed by atoms with Crippen LogP contribution >= 0.6 is 0 Å². The average Bonchev–Trinajstić information content (AvgIpc) is 2.21. The van der Waals surface area contributed by atoms with Crippen LogP contribution in [0.3, 0.4) is 0 Å². The lowest BCUT2D eigenvalue weighted by molar-refractivity contribution is -0.131. The van der Waals surface area contributed by atoms with Crippen molar-refractivity contribution in [2.75, 3.05) is 0 Å². The van der Waals surface area contributed by atoms with Crippen LogP contribution in [0.15, 0.2) is 12.2 Å². The molecule has 0 saturated carbocycles. The van der Waals surface area contributed by atoms with Crippen LogP contribution in [-0.2, 0) is 4.79 Å². The van der Waals surface area contributed by atoms with Crippen molar-refractivity contribution < 1.29 is 9.90 Å². The van der Waals surface area contributed by atoms with Gasteiger partial charge >= 0.3 is 5.97 Å². The number of carboxylic acid groups (broad SMARTS) is 1. The van der Waals surface area contributed by atoms with Crippen molar-refractivity contribution >= 4 is 5.97 Å². The highest BCUT2D eigenvalue weighted by atomic mass is 16.4. The topological polar surface area (TPSA) is 37.3 Å². The lowest BCUT2D eigenvalue weighted by Gasteiger charge is -2.16. The lowest BCUT2D eigenvalue weighted by Crippen LogP contribution is -2.04. The summed E-state index contributed by atoms with van der Waals surface area (Å²) in [4.78, 5) is 10.3. The van der Waals surface area contributed by atoms with Gasteiger partial charge < -0.3 is 5.11 Å². The highest BCUT2D eigenvalue weighted by molar-refractivity contribution is 5.79. The van der Waals surface area contributed by atoms with E-state index in [1.807, 2.05) is 0 Å². The van der Waals surface area contributed by atoms with Crippen LogP contribution in [0.25, 0.3) is 0 Å². The Morgan fingerprint density at radius 1 is 1.40 bits per heavy atom. The molecule has 0 rings (SSSR count). The SMILES string of the molecule is CCCCC(CC)CC(C)C=CC(=O)O. The van der Waals surface area contributed by atoms with E-state index in [2.05, 4.69) is 20.8 Å². The van der Waals surface area contributed by atoms with E-state index in [1.165, 1.54) is 31.8 Å². The third-order valence-corrected chi connectivity index (χ3v) is 2.82. The molecule has 0 bridgehead atoms. The third kappa shape index (κ3) is 8.22. The Balaban J connectivity index is 3.89. The van der Waals surface area contributed by atoms with Crippen LogP contribution in [0.4, 0.5) is 0 Å². The Hall–Kier alpha value is -0.790. The lowest BCUT2D eigenvalue weighted by atomic mass is 9.89. The molecule has 0 saturated heterocycles. The summed E-state index contributed by atoms with van der Waals surface area (Å²) in [7, 11) is 0. The smallest absolute Gasteiger partial charge is 0.327 e. The summed E-state index contributed by atoms with van der Waals surface area (Å²) in [5.74, 6) is 0.282. The summed E-state index contributed by atoms with van der Waals surface area (Å²) in [5, 5.41) is 8.51. The number of carboxylic acids is 1. The zero-order valence-electron chi connectivity index (χ0n) is 10.2. The van der Waals surface area contributed by atoms with Gasteiger partial charge in [0.25, 0.3) is 0 Å². The second-order valence-electron chi connectivity index (χ2n) is 4.33. The van der Waals surface area contributed by atoms with Crippen molar-refractivity contribution in [2.45, 2.75) is 52.9 Å². The predicted molar refractivity (Wildman–Crippen MR) is 63.9 cm³/mol. The third-order valence-electron chi connectivity index (χ3n) is 2.82. The van der Waals surface area contributed by atoms with Gasteiger partial charge in [-0.2, -0.15) is 0 Å². The predicted octanol–water partition coefficient (Wildman–Crippen LogP) is 3.87. The summed E-state index contributed by atoms with van der Waals surface area (Å²) in [5.41, 5.74) is 0. The van der Waals surface area contributed by atoms with Crippen molar-refractivity contribution in [3.05, 3.63) is 12.2 Å². The quantitative estimate of drug-likeness (QED) is 0.620. The number of rotatable bonds is 8. The van der Waals surface area contributed by atoms with Crippen molar-refractivity contribution in [1.82, 2.24) is 0 Å². The van der Waals surface area contributed by atoms with E-state index in [1.54, 1.807) is 6.08 Å². The normalized spacial score (nSPS) is 15.4. The Bertz CT molecular complexity index is 197. The van der Waals surface area contributed by atoms with Gasteiger partial charge in [-0.3, -0.25) is 0 Å². The molecule has 0 aliphatic rings. The van der Waals surface area contributed by atoms with E-state index in [9.17, 15) is 4.79 Å². The van der Waals surface area contributed by atoms with Crippen LogP contribution in [0.5, 0.6) is 0 Å². The first-order chi connectivity index (χ1) is 7.10. The molecule has 0 aliphatic carbocycles. The molecule has 2 unspecified atom stereocenters. The number of hydrogen-bond acceptors (Lipinski definition) is 1. The van der Waals surface area contributed by atoms with Crippen molar-refractivity contribution in [1.29, 1.82) is 0 Å². The van der Waals surface area contributed by atoms with E-state index in [-0.39, 0.29) is 0 Å². The molecule has 15 heavy (non-hydrogen) atoms. The van der Waals surface area contributed by atoms with Gasteiger partial charge in [0.2, 0.25) is 0 Å². The zero-order valence-corrected chi connectivity index (χ0v) is 10.2. The maximum Gasteiger partial charge on any atom is 0.327 e. The largest absolute Gasteiger partial charge is 0.478 e. The minimum atomic E-state index is -0.844. The fraction of sp³-hybridized carbons (Fsp3) is 0.769. The van der Waals surface area contributed by atoms with Crippen LogP contribution in [0.2, 0.25) is 0 Å². The Labute approximate surface area is 93.4 Å². The van der Waals surface area contributed by atoms with E-state index < -0.39 is 5.97 Å². The molecule has 1 N–H and O–H groups in total. The average molecular weight is 212 g/mol. The minimum absolute atomic E-state index is 0.378. The monoisotopic (exact) mass is 212 g/mol. The first kappa shape index (κ1) is 14.2. The highest BCUT2D eigenvalue weighted by Gasteiger charge is 2.09. The maximum atomic E-state index is 10.3. The Morgan fingerprint density at radius 3 is 2.53 bits per heavy atom. The van der Waals surface area contributed by atoms with E-state index in [0.29, 0.717) is 5.92 Å². The van der Waals surface area contributed by atoms with Crippen molar-refractivity contribution in [2.24, 2.45) is 11.8 Å². The summed E-state index contributed by atoms with van der Waals surface area (Å²) < 4.78 is 0. The van der Waals surface area contributed by atoms with Gasteiger partial charge in [-0.1, -0.05) is 52.5 Å². The molecule has 0 aromatic carbocycles. The molecule has 0 spiro atoms. The Kier molecular flexibility index (Phi) is 8.06. The summed E-state index contributed by atoms with van der Waals surface area (Å²) in [6.45, 7) is 6.52. The molecule has 2 nitrogen and oxygen atoms in total.